The Labute approximate surface area is 204 Å². The molecule has 0 N–H and O–H groups in total. The lowest BCUT2D eigenvalue weighted by Crippen LogP contribution is -2.47. The Bertz CT molecular complexity index is 1310. The van der Waals surface area contributed by atoms with Crippen LogP contribution in [0, 0.1) is 0 Å². The fourth-order valence-electron chi connectivity index (χ4n) is 4.94. The van der Waals surface area contributed by atoms with Gasteiger partial charge in [-0.25, -0.2) is 0 Å². The number of thiophene rings is 1. The normalized spacial score (nSPS) is 15.2. The van der Waals surface area contributed by atoms with Gasteiger partial charge in [-0.1, -0.05) is 73.7 Å². The van der Waals surface area contributed by atoms with Gasteiger partial charge >= 0.3 is 0 Å². The topological polar surface area (TPSA) is 40.6 Å². The maximum Gasteiger partial charge on any atom is 0.254 e. The van der Waals surface area contributed by atoms with Crippen LogP contribution in [0.5, 0.6) is 0 Å². The number of benzene rings is 3. The van der Waals surface area contributed by atoms with Crippen molar-refractivity contribution in [2.24, 2.45) is 0 Å². The highest BCUT2D eigenvalue weighted by atomic mass is 32.1. The van der Waals surface area contributed by atoms with Crippen molar-refractivity contribution in [3.63, 3.8) is 0 Å². The van der Waals surface area contributed by atoms with Crippen LogP contribution in [0.4, 0.5) is 0 Å². The number of carbonyl (C=O) groups excluding carboxylic acids is 2. The molecule has 1 aliphatic rings. The minimum absolute atomic E-state index is 0.00672. The van der Waals surface area contributed by atoms with Crippen molar-refractivity contribution in [3.05, 3.63) is 106 Å². The molecule has 1 atom stereocenters. The second-order valence-corrected chi connectivity index (χ2v) is 9.70. The van der Waals surface area contributed by atoms with Gasteiger partial charge < -0.3 is 9.80 Å². The van der Waals surface area contributed by atoms with Gasteiger partial charge in [0, 0.05) is 23.5 Å². The third-order valence-electron chi connectivity index (χ3n) is 6.53. The first-order valence-corrected chi connectivity index (χ1v) is 12.7. The SMILES string of the molecule is CCCN(CC(=O)N1CCc2sccc2C1c1ccccc1)C(=O)c1cccc2ccccc12. The van der Waals surface area contributed by atoms with Gasteiger partial charge in [-0.05, 0) is 52.3 Å². The summed E-state index contributed by atoms with van der Waals surface area (Å²) in [6.07, 6.45) is 1.65. The molecule has 4 aromatic rings. The molecule has 0 bridgehead atoms. The molecule has 4 nitrogen and oxygen atoms in total. The highest BCUT2D eigenvalue weighted by molar-refractivity contribution is 7.10. The van der Waals surface area contributed by atoms with Crippen molar-refractivity contribution < 1.29 is 9.59 Å². The summed E-state index contributed by atoms with van der Waals surface area (Å²) in [7, 11) is 0. The summed E-state index contributed by atoms with van der Waals surface area (Å²) in [5.74, 6) is -0.0933. The lowest BCUT2D eigenvalue weighted by molar-refractivity contribution is -0.134. The van der Waals surface area contributed by atoms with Crippen molar-refractivity contribution in [2.75, 3.05) is 19.6 Å². The van der Waals surface area contributed by atoms with E-state index in [0.29, 0.717) is 18.7 Å². The summed E-state index contributed by atoms with van der Waals surface area (Å²) in [6, 6.07) is 25.9. The molecular formula is C29H28N2O2S. The fourth-order valence-corrected chi connectivity index (χ4v) is 5.84. The number of carbonyl (C=O) groups is 2. The predicted molar refractivity (Wildman–Crippen MR) is 138 cm³/mol. The molecule has 5 heteroatoms. The molecule has 2 heterocycles. The van der Waals surface area contributed by atoms with E-state index < -0.39 is 0 Å². The zero-order valence-electron chi connectivity index (χ0n) is 19.3. The molecule has 1 aromatic heterocycles. The van der Waals surface area contributed by atoms with Gasteiger partial charge in [-0.3, -0.25) is 9.59 Å². The Morgan fingerprint density at radius 1 is 0.971 bits per heavy atom. The Hall–Kier alpha value is -3.44. The first-order valence-electron chi connectivity index (χ1n) is 11.8. The minimum atomic E-state index is -0.111. The van der Waals surface area contributed by atoms with Crippen molar-refractivity contribution in [1.82, 2.24) is 9.80 Å². The smallest absolute Gasteiger partial charge is 0.254 e. The zero-order valence-corrected chi connectivity index (χ0v) is 20.1. The minimum Gasteiger partial charge on any atom is -0.330 e. The summed E-state index contributed by atoms with van der Waals surface area (Å²) in [5, 5.41) is 4.06. The van der Waals surface area contributed by atoms with E-state index >= 15 is 0 Å². The van der Waals surface area contributed by atoms with Gasteiger partial charge in [0.1, 0.15) is 6.54 Å². The molecule has 34 heavy (non-hydrogen) atoms. The number of rotatable bonds is 6. The Kier molecular flexibility index (Phi) is 6.45. The molecule has 3 aromatic carbocycles. The van der Waals surface area contributed by atoms with E-state index in [1.807, 2.05) is 72.5 Å². The van der Waals surface area contributed by atoms with Crippen LogP contribution in [0.25, 0.3) is 10.8 Å². The van der Waals surface area contributed by atoms with Crippen LogP contribution in [-0.4, -0.2) is 41.2 Å². The first kappa shape index (κ1) is 22.4. The number of hydrogen-bond acceptors (Lipinski definition) is 3. The van der Waals surface area contributed by atoms with Crippen molar-refractivity contribution in [2.45, 2.75) is 25.8 Å². The van der Waals surface area contributed by atoms with Crippen molar-refractivity contribution in [3.8, 4) is 0 Å². The standard InChI is InChI=1S/C29H28N2O2S/c1-2-17-30(29(33)24-14-8-12-21-9-6-7-13-23(21)24)20-27(32)31-18-15-26-25(16-19-34-26)28(31)22-10-4-3-5-11-22/h3-14,16,19,28H,2,15,17-18,20H2,1H3. The van der Waals surface area contributed by atoms with E-state index in [9.17, 15) is 9.59 Å². The van der Waals surface area contributed by atoms with E-state index in [1.165, 1.54) is 10.4 Å². The Balaban J connectivity index is 1.44. The van der Waals surface area contributed by atoms with E-state index in [2.05, 4.69) is 23.6 Å². The number of nitrogens with zero attached hydrogens (tertiary/aromatic N) is 2. The second kappa shape index (κ2) is 9.82. The average molecular weight is 469 g/mol. The van der Waals surface area contributed by atoms with Crippen LogP contribution in [0.3, 0.4) is 0 Å². The van der Waals surface area contributed by atoms with Gasteiger partial charge in [0.2, 0.25) is 5.91 Å². The van der Waals surface area contributed by atoms with Crippen molar-refractivity contribution >= 4 is 33.9 Å². The lowest BCUT2D eigenvalue weighted by Gasteiger charge is -2.37. The molecule has 2 amide bonds. The Morgan fingerprint density at radius 3 is 2.56 bits per heavy atom. The second-order valence-electron chi connectivity index (χ2n) is 8.70. The van der Waals surface area contributed by atoms with E-state index in [0.717, 1.165) is 29.2 Å². The van der Waals surface area contributed by atoms with Gasteiger partial charge in [0.05, 0.1) is 6.04 Å². The first-order chi connectivity index (χ1) is 16.7. The third kappa shape index (κ3) is 4.24. The maximum atomic E-state index is 13.7. The van der Waals surface area contributed by atoms with Gasteiger partial charge in [-0.2, -0.15) is 0 Å². The largest absolute Gasteiger partial charge is 0.330 e. The monoisotopic (exact) mass is 468 g/mol. The number of amides is 2. The van der Waals surface area contributed by atoms with Crippen LogP contribution in [-0.2, 0) is 11.2 Å². The highest BCUT2D eigenvalue weighted by Crippen LogP contribution is 2.37. The van der Waals surface area contributed by atoms with Crippen LogP contribution < -0.4 is 0 Å². The fraction of sp³-hybridized carbons (Fsp3) is 0.241. The van der Waals surface area contributed by atoms with Crippen molar-refractivity contribution in [1.29, 1.82) is 0 Å². The van der Waals surface area contributed by atoms with Crippen LogP contribution >= 0.6 is 11.3 Å². The molecule has 0 saturated carbocycles. The maximum absolute atomic E-state index is 13.7. The molecule has 1 aliphatic heterocycles. The molecule has 0 aliphatic carbocycles. The highest BCUT2D eigenvalue weighted by Gasteiger charge is 2.34. The molecular weight excluding hydrogens is 440 g/mol. The quantitative estimate of drug-likeness (QED) is 0.352. The number of hydrogen-bond donors (Lipinski definition) is 0. The van der Waals surface area contributed by atoms with E-state index in [1.54, 1.807) is 16.2 Å². The lowest BCUT2D eigenvalue weighted by atomic mass is 9.93. The van der Waals surface area contributed by atoms with Crippen LogP contribution in [0.15, 0.2) is 84.2 Å². The van der Waals surface area contributed by atoms with Crippen LogP contribution in [0.2, 0.25) is 0 Å². The summed E-state index contributed by atoms with van der Waals surface area (Å²) in [4.78, 5) is 32.4. The van der Waals surface area contributed by atoms with Gasteiger partial charge in [0.15, 0.2) is 0 Å². The van der Waals surface area contributed by atoms with E-state index in [4.69, 9.17) is 0 Å². The summed E-state index contributed by atoms with van der Waals surface area (Å²) in [6.45, 7) is 3.33. The predicted octanol–water partition coefficient (Wildman–Crippen LogP) is 5.93. The summed E-state index contributed by atoms with van der Waals surface area (Å²) in [5.41, 5.74) is 2.97. The molecule has 172 valence electrons. The molecule has 5 rings (SSSR count). The molecule has 1 unspecified atom stereocenters. The molecule has 0 radical (unpaired) electrons. The van der Waals surface area contributed by atoms with E-state index in [-0.39, 0.29) is 24.4 Å². The van der Waals surface area contributed by atoms with Crippen LogP contribution in [0.1, 0.15) is 45.7 Å². The summed E-state index contributed by atoms with van der Waals surface area (Å²) < 4.78 is 0. The molecule has 0 fully saturated rings. The van der Waals surface area contributed by atoms with Gasteiger partial charge in [0.25, 0.3) is 5.91 Å². The van der Waals surface area contributed by atoms with Gasteiger partial charge in [-0.15, -0.1) is 11.3 Å². The molecule has 0 spiro atoms. The third-order valence-corrected chi connectivity index (χ3v) is 7.52. The number of fused-ring (bicyclic) bond motifs is 2. The molecule has 0 saturated heterocycles. The Morgan fingerprint density at radius 2 is 1.74 bits per heavy atom. The zero-order chi connectivity index (χ0) is 23.5. The average Bonchev–Trinajstić information content (AvgIpc) is 3.36. The summed E-state index contributed by atoms with van der Waals surface area (Å²) >= 11 is 1.76.